The highest BCUT2D eigenvalue weighted by atomic mass is 16.2. The molecule has 0 aliphatic carbocycles. The Bertz CT molecular complexity index is 257. The fourth-order valence-electron chi connectivity index (χ4n) is 1.96. The van der Waals surface area contributed by atoms with Crippen LogP contribution in [0.2, 0.25) is 0 Å². The van der Waals surface area contributed by atoms with Crippen molar-refractivity contribution in [2.24, 2.45) is 11.7 Å². The average molecular weight is 242 g/mol. The molecule has 100 valence electrons. The molecule has 3 N–H and O–H groups in total. The highest BCUT2D eigenvalue weighted by Crippen LogP contribution is 2.05. The molecule has 1 fully saturated rings. The van der Waals surface area contributed by atoms with Gasteiger partial charge >= 0.3 is 0 Å². The molecular weight excluding hydrogens is 216 g/mol. The van der Waals surface area contributed by atoms with Gasteiger partial charge in [0.1, 0.15) is 0 Å². The summed E-state index contributed by atoms with van der Waals surface area (Å²) >= 11 is 0. The van der Waals surface area contributed by atoms with Gasteiger partial charge in [0.25, 0.3) is 0 Å². The summed E-state index contributed by atoms with van der Waals surface area (Å²) in [6, 6.07) is -0.0151. The zero-order valence-electron chi connectivity index (χ0n) is 11.4. The maximum atomic E-state index is 11.7. The monoisotopic (exact) mass is 242 g/mol. The van der Waals surface area contributed by atoms with E-state index in [9.17, 15) is 4.79 Å². The highest BCUT2D eigenvalue weighted by molar-refractivity contribution is 5.81. The van der Waals surface area contributed by atoms with Crippen LogP contribution >= 0.6 is 0 Å². The lowest BCUT2D eigenvalue weighted by Crippen LogP contribution is -2.56. The van der Waals surface area contributed by atoms with E-state index in [1.807, 2.05) is 13.8 Å². The number of piperazine rings is 1. The number of nitrogens with zero attached hydrogens (tertiary/aromatic N) is 2. The lowest BCUT2D eigenvalue weighted by Gasteiger charge is -2.37. The summed E-state index contributed by atoms with van der Waals surface area (Å²) in [7, 11) is 4.22. The number of nitrogens with two attached hydrogens (primary N) is 1. The molecule has 5 nitrogen and oxygen atoms in total. The first-order valence-electron chi connectivity index (χ1n) is 6.34. The van der Waals surface area contributed by atoms with E-state index in [1.54, 1.807) is 0 Å². The Morgan fingerprint density at radius 3 is 2.65 bits per heavy atom. The molecule has 0 aromatic heterocycles. The topological polar surface area (TPSA) is 61.6 Å². The fraction of sp³-hybridized carbons (Fsp3) is 0.917. The molecular formula is C12H26N4O. The van der Waals surface area contributed by atoms with Crippen LogP contribution in [-0.4, -0.2) is 68.1 Å². The normalized spacial score (nSPS) is 24.9. The zero-order chi connectivity index (χ0) is 13.0. The van der Waals surface area contributed by atoms with E-state index >= 15 is 0 Å². The maximum absolute atomic E-state index is 11.7. The van der Waals surface area contributed by atoms with Crippen molar-refractivity contribution in [3.05, 3.63) is 0 Å². The van der Waals surface area contributed by atoms with Crippen molar-refractivity contribution >= 4 is 5.91 Å². The van der Waals surface area contributed by atoms with Gasteiger partial charge in [-0.25, -0.2) is 0 Å². The molecule has 1 aliphatic heterocycles. The quantitative estimate of drug-likeness (QED) is 0.686. The van der Waals surface area contributed by atoms with Gasteiger partial charge in [-0.15, -0.1) is 0 Å². The maximum Gasteiger partial charge on any atom is 0.237 e. The first kappa shape index (κ1) is 14.4. The second kappa shape index (κ2) is 6.33. The lowest BCUT2D eigenvalue weighted by atomic mass is 10.0. The van der Waals surface area contributed by atoms with E-state index in [1.165, 1.54) is 0 Å². The summed E-state index contributed by atoms with van der Waals surface area (Å²) in [4.78, 5) is 16.3. The molecule has 2 atom stereocenters. The van der Waals surface area contributed by atoms with E-state index < -0.39 is 6.04 Å². The minimum Gasteiger partial charge on any atom is -0.353 e. The number of nitrogens with one attached hydrogen (secondary N) is 1. The number of hydrogen-bond acceptors (Lipinski definition) is 4. The Morgan fingerprint density at radius 2 is 2.06 bits per heavy atom. The molecule has 1 aliphatic rings. The summed E-state index contributed by atoms with van der Waals surface area (Å²) in [5.41, 5.74) is 5.80. The third-order valence-corrected chi connectivity index (χ3v) is 3.51. The first-order chi connectivity index (χ1) is 7.91. The van der Waals surface area contributed by atoms with Crippen LogP contribution in [0.5, 0.6) is 0 Å². The minimum absolute atomic E-state index is 0.0402. The van der Waals surface area contributed by atoms with E-state index in [-0.39, 0.29) is 11.8 Å². The Kier molecular flexibility index (Phi) is 5.36. The van der Waals surface area contributed by atoms with Crippen molar-refractivity contribution in [2.45, 2.75) is 25.9 Å². The largest absolute Gasteiger partial charge is 0.353 e. The van der Waals surface area contributed by atoms with E-state index in [0.29, 0.717) is 12.6 Å². The van der Waals surface area contributed by atoms with Gasteiger partial charge in [0, 0.05) is 32.2 Å². The lowest BCUT2D eigenvalue weighted by molar-refractivity contribution is -0.123. The van der Waals surface area contributed by atoms with Crippen molar-refractivity contribution in [1.29, 1.82) is 0 Å². The molecule has 0 aromatic carbocycles. The van der Waals surface area contributed by atoms with Crippen LogP contribution in [0, 0.1) is 5.92 Å². The van der Waals surface area contributed by atoms with Crippen LogP contribution in [0.3, 0.4) is 0 Å². The molecule has 1 unspecified atom stereocenters. The molecule has 0 aromatic rings. The first-order valence-corrected chi connectivity index (χ1v) is 6.34. The Morgan fingerprint density at radius 1 is 1.41 bits per heavy atom. The van der Waals surface area contributed by atoms with Gasteiger partial charge in [0.15, 0.2) is 0 Å². The van der Waals surface area contributed by atoms with Crippen LogP contribution < -0.4 is 11.1 Å². The van der Waals surface area contributed by atoms with E-state index in [2.05, 4.69) is 29.2 Å². The molecule has 1 saturated heterocycles. The van der Waals surface area contributed by atoms with Gasteiger partial charge in [0.05, 0.1) is 6.04 Å². The van der Waals surface area contributed by atoms with Crippen molar-refractivity contribution in [3.63, 3.8) is 0 Å². The number of amides is 1. The van der Waals surface area contributed by atoms with Crippen LogP contribution in [0.4, 0.5) is 0 Å². The van der Waals surface area contributed by atoms with Gasteiger partial charge in [0.2, 0.25) is 5.91 Å². The number of likely N-dealkylation sites (N-methyl/N-ethyl adjacent to an activating group) is 2. The number of rotatable bonds is 4. The summed E-state index contributed by atoms with van der Waals surface area (Å²) in [6.07, 6.45) is 0. The predicted molar refractivity (Wildman–Crippen MR) is 69.7 cm³/mol. The standard InChI is InChI=1S/C12H26N4O/c1-9(2)11(13)12(17)14-7-10-8-15(3)5-6-16(10)4/h9-11H,5-8,13H2,1-4H3,(H,14,17)/t10?,11-/m0/s1. The summed E-state index contributed by atoms with van der Waals surface area (Å²) in [5.74, 6) is 0.142. The molecule has 17 heavy (non-hydrogen) atoms. The predicted octanol–water partition coefficient (Wildman–Crippen LogP) is -0.668. The molecule has 5 heteroatoms. The molecule has 0 spiro atoms. The molecule has 1 rings (SSSR count). The molecule has 0 saturated carbocycles. The average Bonchev–Trinajstić information content (AvgIpc) is 2.28. The Hall–Kier alpha value is -0.650. The van der Waals surface area contributed by atoms with E-state index in [4.69, 9.17) is 5.73 Å². The summed E-state index contributed by atoms with van der Waals surface area (Å²) in [5, 5.41) is 2.95. The fourth-order valence-corrected chi connectivity index (χ4v) is 1.96. The number of carbonyl (C=O) groups is 1. The van der Waals surface area contributed by atoms with Crippen LogP contribution in [0.1, 0.15) is 13.8 Å². The van der Waals surface area contributed by atoms with Gasteiger partial charge < -0.3 is 16.0 Å². The van der Waals surface area contributed by atoms with Crippen molar-refractivity contribution in [3.8, 4) is 0 Å². The molecule has 1 amide bonds. The minimum atomic E-state index is -0.401. The summed E-state index contributed by atoms with van der Waals surface area (Å²) < 4.78 is 0. The second-order valence-electron chi connectivity index (χ2n) is 5.41. The zero-order valence-corrected chi connectivity index (χ0v) is 11.4. The van der Waals surface area contributed by atoms with Gasteiger partial charge in [-0.2, -0.15) is 0 Å². The van der Waals surface area contributed by atoms with Crippen molar-refractivity contribution in [1.82, 2.24) is 15.1 Å². The number of carbonyl (C=O) groups excluding carboxylic acids is 1. The Labute approximate surface area is 104 Å². The van der Waals surface area contributed by atoms with E-state index in [0.717, 1.165) is 19.6 Å². The molecule has 0 bridgehead atoms. The second-order valence-corrected chi connectivity index (χ2v) is 5.41. The molecule has 1 heterocycles. The van der Waals surface area contributed by atoms with Gasteiger partial charge in [-0.3, -0.25) is 9.69 Å². The highest BCUT2D eigenvalue weighted by Gasteiger charge is 2.24. The summed E-state index contributed by atoms with van der Waals surface area (Å²) in [6.45, 7) is 7.74. The third-order valence-electron chi connectivity index (χ3n) is 3.51. The van der Waals surface area contributed by atoms with Crippen molar-refractivity contribution < 1.29 is 4.79 Å². The van der Waals surface area contributed by atoms with Crippen molar-refractivity contribution in [2.75, 3.05) is 40.3 Å². The molecule has 0 radical (unpaired) electrons. The Balaban J connectivity index is 2.36. The van der Waals surface area contributed by atoms with Crippen LogP contribution in [-0.2, 0) is 4.79 Å². The van der Waals surface area contributed by atoms with Gasteiger partial charge in [-0.05, 0) is 20.0 Å². The SMILES string of the molecule is CC(C)[C@H](N)C(=O)NCC1CN(C)CCN1C. The number of hydrogen-bond donors (Lipinski definition) is 2. The van der Waals surface area contributed by atoms with Crippen LogP contribution in [0.25, 0.3) is 0 Å². The van der Waals surface area contributed by atoms with Gasteiger partial charge in [-0.1, -0.05) is 13.8 Å². The third kappa shape index (κ3) is 4.26. The van der Waals surface area contributed by atoms with Crippen LogP contribution in [0.15, 0.2) is 0 Å². The smallest absolute Gasteiger partial charge is 0.237 e.